The molecule has 1 aromatic rings. The van der Waals surface area contributed by atoms with Crippen LogP contribution in [0.25, 0.3) is 0 Å². The van der Waals surface area contributed by atoms with E-state index in [2.05, 4.69) is 0 Å². The summed E-state index contributed by atoms with van der Waals surface area (Å²) in [6, 6.07) is 5.67. The lowest BCUT2D eigenvalue weighted by Gasteiger charge is -2.18. The molecule has 1 fully saturated rings. The van der Waals surface area contributed by atoms with Gasteiger partial charge in [0.2, 0.25) is 11.8 Å². The van der Waals surface area contributed by atoms with Crippen molar-refractivity contribution in [3.63, 3.8) is 0 Å². The SMILES string of the molecule is CCOC(=O)CSC1CC(=O)N(c2cc(C)ccc2C)C1=O. The van der Waals surface area contributed by atoms with Gasteiger partial charge in [-0.3, -0.25) is 14.4 Å². The molecule has 118 valence electrons. The summed E-state index contributed by atoms with van der Waals surface area (Å²) in [6.07, 6.45) is 0.121. The molecule has 0 aliphatic carbocycles. The topological polar surface area (TPSA) is 63.7 Å². The van der Waals surface area contributed by atoms with Gasteiger partial charge in [-0.15, -0.1) is 11.8 Å². The zero-order chi connectivity index (χ0) is 16.3. The van der Waals surface area contributed by atoms with Gasteiger partial charge in [0, 0.05) is 6.42 Å². The van der Waals surface area contributed by atoms with Crippen LogP contribution in [0.1, 0.15) is 24.5 Å². The molecule has 1 aromatic carbocycles. The van der Waals surface area contributed by atoms with E-state index in [0.717, 1.165) is 11.1 Å². The van der Waals surface area contributed by atoms with Crippen molar-refractivity contribution >= 4 is 35.2 Å². The molecule has 0 spiro atoms. The fraction of sp³-hybridized carbons (Fsp3) is 0.438. The minimum atomic E-state index is -0.517. The van der Waals surface area contributed by atoms with Crippen molar-refractivity contribution in [1.29, 1.82) is 0 Å². The number of ether oxygens (including phenoxy) is 1. The van der Waals surface area contributed by atoms with E-state index in [1.54, 1.807) is 6.92 Å². The monoisotopic (exact) mass is 321 g/mol. The van der Waals surface area contributed by atoms with Crippen molar-refractivity contribution in [2.75, 3.05) is 17.3 Å². The molecule has 22 heavy (non-hydrogen) atoms. The van der Waals surface area contributed by atoms with Gasteiger partial charge in [0.1, 0.15) is 0 Å². The number of esters is 1. The number of carbonyl (C=O) groups excluding carboxylic acids is 3. The highest BCUT2D eigenvalue weighted by Gasteiger charge is 2.40. The number of hydrogen-bond acceptors (Lipinski definition) is 5. The van der Waals surface area contributed by atoms with E-state index in [9.17, 15) is 14.4 Å². The van der Waals surface area contributed by atoms with Gasteiger partial charge in [-0.1, -0.05) is 12.1 Å². The molecule has 0 N–H and O–H groups in total. The van der Waals surface area contributed by atoms with E-state index >= 15 is 0 Å². The second-order valence-electron chi connectivity index (χ2n) is 5.17. The Morgan fingerprint density at radius 2 is 2.09 bits per heavy atom. The highest BCUT2D eigenvalue weighted by Crippen LogP contribution is 2.32. The zero-order valence-corrected chi connectivity index (χ0v) is 13.7. The van der Waals surface area contributed by atoms with Gasteiger partial charge in [0.25, 0.3) is 0 Å². The van der Waals surface area contributed by atoms with Crippen LogP contribution < -0.4 is 4.90 Å². The first-order valence-electron chi connectivity index (χ1n) is 7.15. The first-order valence-corrected chi connectivity index (χ1v) is 8.20. The average molecular weight is 321 g/mol. The van der Waals surface area contributed by atoms with Gasteiger partial charge in [-0.05, 0) is 38.0 Å². The van der Waals surface area contributed by atoms with Crippen molar-refractivity contribution in [1.82, 2.24) is 0 Å². The molecule has 1 unspecified atom stereocenters. The van der Waals surface area contributed by atoms with Crippen LogP contribution in [0.15, 0.2) is 18.2 Å². The summed E-state index contributed by atoms with van der Waals surface area (Å²) in [5.74, 6) is -0.760. The number of rotatable bonds is 5. The number of carbonyl (C=O) groups is 3. The van der Waals surface area contributed by atoms with Crippen molar-refractivity contribution in [3.8, 4) is 0 Å². The molecule has 1 aliphatic heterocycles. The summed E-state index contributed by atoms with van der Waals surface area (Å²) < 4.78 is 4.84. The third-order valence-corrected chi connectivity index (χ3v) is 4.59. The van der Waals surface area contributed by atoms with Crippen LogP contribution in [0.3, 0.4) is 0 Å². The lowest BCUT2D eigenvalue weighted by Crippen LogP contribution is -2.32. The molecule has 1 atom stereocenters. The molecule has 0 bridgehead atoms. The fourth-order valence-electron chi connectivity index (χ4n) is 2.32. The van der Waals surface area contributed by atoms with Crippen molar-refractivity contribution < 1.29 is 19.1 Å². The predicted octanol–water partition coefficient (Wildman–Crippen LogP) is 2.23. The Labute approximate surface area is 134 Å². The molecular formula is C16H19NO4S. The summed E-state index contributed by atoms with van der Waals surface area (Å²) in [5.41, 5.74) is 2.50. The molecule has 0 radical (unpaired) electrons. The van der Waals surface area contributed by atoms with E-state index in [1.165, 1.54) is 16.7 Å². The summed E-state index contributed by atoms with van der Waals surface area (Å²) in [4.78, 5) is 37.3. The van der Waals surface area contributed by atoms with Gasteiger partial charge >= 0.3 is 5.97 Å². The maximum Gasteiger partial charge on any atom is 0.315 e. The Hall–Kier alpha value is -1.82. The normalized spacial score (nSPS) is 18.0. The number of amides is 2. The van der Waals surface area contributed by atoms with E-state index in [0.29, 0.717) is 12.3 Å². The van der Waals surface area contributed by atoms with Crippen LogP contribution in [-0.4, -0.2) is 35.4 Å². The summed E-state index contributed by atoms with van der Waals surface area (Å²) in [7, 11) is 0. The van der Waals surface area contributed by atoms with E-state index < -0.39 is 5.25 Å². The molecule has 1 saturated heterocycles. The number of aryl methyl sites for hydroxylation is 2. The standard InChI is InChI=1S/C16H19NO4S/c1-4-21-15(19)9-22-13-8-14(18)17(16(13)20)12-7-10(2)5-6-11(12)3/h5-7,13H,4,8-9H2,1-3H3. The fourth-order valence-corrected chi connectivity index (χ4v) is 3.25. The Morgan fingerprint density at radius 1 is 1.36 bits per heavy atom. The maximum atomic E-state index is 12.5. The van der Waals surface area contributed by atoms with E-state index in [-0.39, 0.29) is 30.0 Å². The maximum absolute atomic E-state index is 12.5. The summed E-state index contributed by atoms with van der Waals surface area (Å²) >= 11 is 1.17. The third kappa shape index (κ3) is 3.50. The number of hydrogen-bond donors (Lipinski definition) is 0. The number of imide groups is 1. The molecule has 0 aromatic heterocycles. The molecule has 0 saturated carbocycles. The Morgan fingerprint density at radius 3 is 2.77 bits per heavy atom. The van der Waals surface area contributed by atoms with Crippen LogP contribution in [-0.2, 0) is 19.1 Å². The van der Waals surface area contributed by atoms with Gasteiger partial charge in [-0.25, -0.2) is 4.90 Å². The molecular weight excluding hydrogens is 302 g/mol. The first-order chi connectivity index (χ1) is 10.4. The van der Waals surface area contributed by atoms with E-state index in [1.807, 2.05) is 32.0 Å². The average Bonchev–Trinajstić information content (AvgIpc) is 2.74. The largest absolute Gasteiger partial charge is 0.465 e. The Kier molecular flexibility index (Phi) is 5.24. The first kappa shape index (κ1) is 16.5. The van der Waals surface area contributed by atoms with Crippen LogP contribution in [0.2, 0.25) is 0 Å². The lowest BCUT2D eigenvalue weighted by atomic mass is 10.1. The highest BCUT2D eigenvalue weighted by molar-refractivity contribution is 8.01. The summed E-state index contributed by atoms with van der Waals surface area (Å²) in [6.45, 7) is 5.83. The third-order valence-electron chi connectivity index (χ3n) is 3.42. The predicted molar refractivity (Wildman–Crippen MR) is 85.9 cm³/mol. The number of anilines is 1. The van der Waals surface area contributed by atoms with Gasteiger partial charge in [0.15, 0.2) is 0 Å². The van der Waals surface area contributed by atoms with Gasteiger partial charge in [-0.2, -0.15) is 0 Å². The minimum Gasteiger partial charge on any atom is -0.465 e. The van der Waals surface area contributed by atoms with Crippen molar-refractivity contribution in [3.05, 3.63) is 29.3 Å². The van der Waals surface area contributed by atoms with Crippen molar-refractivity contribution in [2.45, 2.75) is 32.4 Å². The lowest BCUT2D eigenvalue weighted by molar-refractivity contribution is -0.139. The minimum absolute atomic E-state index is 0.0815. The van der Waals surface area contributed by atoms with Crippen molar-refractivity contribution in [2.24, 2.45) is 0 Å². The van der Waals surface area contributed by atoms with Crippen LogP contribution in [0.4, 0.5) is 5.69 Å². The Bertz CT molecular complexity index is 614. The quantitative estimate of drug-likeness (QED) is 0.615. The number of nitrogens with zero attached hydrogens (tertiary/aromatic N) is 1. The number of benzene rings is 1. The molecule has 2 rings (SSSR count). The van der Waals surface area contributed by atoms with Crippen LogP contribution >= 0.6 is 11.8 Å². The molecule has 2 amide bonds. The van der Waals surface area contributed by atoms with Crippen LogP contribution in [0.5, 0.6) is 0 Å². The second kappa shape index (κ2) is 6.96. The van der Waals surface area contributed by atoms with Crippen LogP contribution in [0, 0.1) is 13.8 Å². The van der Waals surface area contributed by atoms with E-state index in [4.69, 9.17) is 4.74 Å². The Balaban J connectivity index is 2.12. The van der Waals surface area contributed by atoms with Gasteiger partial charge < -0.3 is 4.74 Å². The smallest absolute Gasteiger partial charge is 0.315 e. The molecule has 6 heteroatoms. The zero-order valence-electron chi connectivity index (χ0n) is 12.9. The summed E-state index contributed by atoms with van der Waals surface area (Å²) in [5, 5.41) is -0.517. The number of thioether (sulfide) groups is 1. The second-order valence-corrected chi connectivity index (χ2v) is 6.36. The molecule has 5 nitrogen and oxygen atoms in total. The van der Waals surface area contributed by atoms with Gasteiger partial charge in [0.05, 0.1) is 23.3 Å². The molecule has 1 heterocycles. The molecule has 1 aliphatic rings. The highest BCUT2D eigenvalue weighted by atomic mass is 32.2.